The van der Waals surface area contributed by atoms with Crippen molar-refractivity contribution < 1.29 is 14.6 Å². The molecule has 82 valence electrons. The van der Waals surface area contributed by atoms with Gasteiger partial charge >= 0.3 is 5.97 Å². The predicted molar refractivity (Wildman–Crippen MR) is 51.9 cm³/mol. The maximum Gasteiger partial charge on any atom is 0.322 e. The molecule has 0 aliphatic carbocycles. The first-order valence-corrected chi connectivity index (χ1v) is 5.05. The molecule has 5 nitrogen and oxygen atoms in total. The van der Waals surface area contributed by atoms with E-state index < -0.39 is 12.0 Å². The van der Waals surface area contributed by atoms with Gasteiger partial charge in [-0.3, -0.25) is 4.79 Å². The quantitative estimate of drug-likeness (QED) is 0.661. The Balaban J connectivity index is 2.33. The summed E-state index contributed by atoms with van der Waals surface area (Å²) in [5.74, 6) is -0.779. The summed E-state index contributed by atoms with van der Waals surface area (Å²) >= 11 is 0. The van der Waals surface area contributed by atoms with Gasteiger partial charge in [-0.15, -0.1) is 0 Å². The summed E-state index contributed by atoms with van der Waals surface area (Å²) in [5.41, 5.74) is 3.01. The van der Waals surface area contributed by atoms with Crippen molar-refractivity contribution in [1.29, 1.82) is 0 Å². The minimum Gasteiger partial charge on any atom is -0.480 e. The van der Waals surface area contributed by atoms with Crippen LogP contribution >= 0.6 is 0 Å². The van der Waals surface area contributed by atoms with Crippen LogP contribution in [-0.2, 0) is 9.53 Å². The van der Waals surface area contributed by atoms with E-state index in [9.17, 15) is 4.79 Å². The molecule has 2 N–H and O–H groups in total. The van der Waals surface area contributed by atoms with Gasteiger partial charge in [0.2, 0.25) is 0 Å². The van der Waals surface area contributed by atoms with Gasteiger partial charge in [0.15, 0.2) is 0 Å². The molecule has 0 amide bonds. The van der Waals surface area contributed by atoms with Crippen molar-refractivity contribution in [2.24, 2.45) is 0 Å². The number of hydrogen-bond donors (Lipinski definition) is 2. The van der Waals surface area contributed by atoms with Crippen LogP contribution in [0.15, 0.2) is 0 Å². The molecule has 1 atom stereocenters. The smallest absolute Gasteiger partial charge is 0.322 e. The topological polar surface area (TPSA) is 61.8 Å². The average molecular weight is 202 g/mol. The second kappa shape index (κ2) is 5.95. The first kappa shape index (κ1) is 11.4. The molecule has 0 aromatic heterocycles. The van der Waals surface area contributed by atoms with Gasteiger partial charge in [-0.05, 0) is 6.42 Å². The average Bonchev–Trinajstić information content (AvgIpc) is 2.18. The zero-order valence-corrected chi connectivity index (χ0v) is 8.53. The van der Waals surface area contributed by atoms with Crippen molar-refractivity contribution in [2.75, 3.05) is 26.3 Å². The van der Waals surface area contributed by atoms with Crippen LogP contribution in [0.4, 0.5) is 0 Å². The highest BCUT2D eigenvalue weighted by Crippen LogP contribution is 2.00. The molecule has 1 unspecified atom stereocenters. The van der Waals surface area contributed by atoms with Crippen LogP contribution < -0.4 is 5.43 Å². The molecule has 1 heterocycles. The number of carboxylic acids is 1. The van der Waals surface area contributed by atoms with Gasteiger partial charge in [0, 0.05) is 13.1 Å². The summed E-state index contributed by atoms with van der Waals surface area (Å²) in [6.45, 7) is 4.84. The lowest BCUT2D eigenvalue weighted by Crippen LogP contribution is -2.52. The van der Waals surface area contributed by atoms with Crippen molar-refractivity contribution in [1.82, 2.24) is 10.4 Å². The summed E-state index contributed by atoms with van der Waals surface area (Å²) in [6, 6.07) is -0.460. The number of hydrogen-bond acceptors (Lipinski definition) is 4. The fourth-order valence-electron chi connectivity index (χ4n) is 1.44. The molecule has 5 heteroatoms. The third-order valence-corrected chi connectivity index (χ3v) is 2.22. The molecule has 0 radical (unpaired) electrons. The van der Waals surface area contributed by atoms with Gasteiger partial charge in [-0.25, -0.2) is 10.4 Å². The Bertz CT molecular complexity index is 181. The number of aliphatic carboxylic acids is 1. The highest BCUT2D eigenvalue weighted by atomic mass is 16.5. The Kier molecular flexibility index (Phi) is 4.86. The van der Waals surface area contributed by atoms with E-state index in [4.69, 9.17) is 9.84 Å². The molecular formula is C9H18N2O3. The summed E-state index contributed by atoms with van der Waals surface area (Å²) < 4.78 is 5.17. The monoisotopic (exact) mass is 202 g/mol. The van der Waals surface area contributed by atoms with E-state index >= 15 is 0 Å². The van der Waals surface area contributed by atoms with Crippen molar-refractivity contribution in [3.05, 3.63) is 0 Å². The van der Waals surface area contributed by atoms with Crippen LogP contribution in [0.5, 0.6) is 0 Å². The minimum absolute atomic E-state index is 0.460. The molecule has 0 aromatic carbocycles. The Morgan fingerprint density at radius 3 is 2.71 bits per heavy atom. The molecule has 0 spiro atoms. The van der Waals surface area contributed by atoms with Crippen LogP contribution in [0, 0.1) is 0 Å². The number of nitrogens with zero attached hydrogens (tertiary/aromatic N) is 1. The van der Waals surface area contributed by atoms with Crippen LogP contribution in [0.25, 0.3) is 0 Å². The second-order valence-corrected chi connectivity index (χ2v) is 3.41. The lowest BCUT2D eigenvalue weighted by molar-refractivity contribution is -0.142. The van der Waals surface area contributed by atoms with Gasteiger partial charge < -0.3 is 9.84 Å². The predicted octanol–water partition coefficient (Wildman–Crippen LogP) is 0.0765. The minimum atomic E-state index is -0.779. The number of rotatable bonds is 5. The van der Waals surface area contributed by atoms with E-state index in [1.807, 2.05) is 11.9 Å². The van der Waals surface area contributed by atoms with Gasteiger partial charge in [-0.2, -0.15) is 0 Å². The van der Waals surface area contributed by atoms with E-state index in [2.05, 4.69) is 5.43 Å². The van der Waals surface area contributed by atoms with Crippen LogP contribution in [0.2, 0.25) is 0 Å². The van der Waals surface area contributed by atoms with E-state index in [0.717, 1.165) is 19.5 Å². The van der Waals surface area contributed by atoms with Crippen molar-refractivity contribution >= 4 is 5.97 Å². The number of nitrogens with one attached hydrogen (secondary N) is 1. The largest absolute Gasteiger partial charge is 0.480 e. The Labute approximate surface area is 84.0 Å². The van der Waals surface area contributed by atoms with Crippen molar-refractivity contribution in [3.63, 3.8) is 0 Å². The number of ether oxygens (including phenoxy) is 1. The molecule has 1 aliphatic rings. The first-order chi connectivity index (χ1) is 6.74. The lowest BCUT2D eigenvalue weighted by Gasteiger charge is -2.29. The normalized spacial score (nSPS) is 20.6. The number of morpholine rings is 1. The summed E-state index contributed by atoms with van der Waals surface area (Å²) in [7, 11) is 0. The molecule has 0 saturated carbocycles. The SMILES string of the molecule is CCCC(NN1CCOCC1)C(=O)O. The molecule has 1 fully saturated rings. The standard InChI is InChI=1S/C9H18N2O3/c1-2-3-8(9(12)13)10-11-4-6-14-7-5-11/h8,10H,2-7H2,1H3,(H,12,13). The molecule has 1 rings (SSSR count). The Morgan fingerprint density at radius 2 is 2.21 bits per heavy atom. The van der Waals surface area contributed by atoms with Crippen molar-refractivity contribution in [2.45, 2.75) is 25.8 Å². The summed E-state index contributed by atoms with van der Waals surface area (Å²) in [6.07, 6.45) is 1.53. The summed E-state index contributed by atoms with van der Waals surface area (Å²) in [5, 5.41) is 10.8. The fourth-order valence-corrected chi connectivity index (χ4v) is 1.44. The van der Waals surface area contributed by atoms with Crippen molar-refractivity contribution in [3.8, 4) is 0 Å². The highest BCUT2D eigenvalue weighted by Gasteiger charge is 2.20. The molecular weight excluding hydrogens is 184 g/mol. The maximum absolute atomic E-state index is 10.8. The van der Waals surface area contributed by atoms with Crippen LogP contribution in [-0.4, -0.2) is 48.4 Å². The molecule has 0 bridgehead atoms. The Hall–Kier alpha value is -0.650. The van der Waals surface area contributed by atoms with Gasteiger partial charge in [0.25, 0.3) is 0 Å². The molecule has 0 aromatic rings. The zero-order chi connectivity index (χ0) is 10.4. The zero-order valence-electron chi connectivity index (χ0n) is 8.53. The third-order valence-electron chi connectivity index (χ3n) is 2.22. The number of hydrazine groups is 1. The first-order valence-electron chi connectivity index (χ1n) is 5.05. The van der Waals surface area contributed by atoms with E-state index in [1.54, 1.807) is 0 Å². The fraction of sp³-hybridized carbons (Fsp3) is 0.889. The van der Waals surface area contributed by atoms with Gasteiger partial charge in [-0.1, -0.05) is 13.3 Å². The van der Waals surface area contributed by atoms with Gasteiger partial charge in [0.1, 0.15) is 6.04 Å². The third kappa shape index (κ3) is 3.61. The molecule has 14 heavy (non-hydrogen) atoms. The Morgan fingerprint density at radius 1 is 1.57 bits per heavy atom. The van der Waals surface area contributed by atoms with Crippen LogP contribution in [0.1, 0.15) is 19.8 Å². The van der Waals surface area contributed by atoms with E-state index in [-0.39, 0.29) is 0 Å². The number of carbonyl (C=O) groups is 1. The van der Waals surface area contributed by atoms with E-state index in [0.29, 0.717) is 19.6 Å². The lowest BCUT2D eigenvalue weighted by atomic mass is 10.2. The highest BCUT2D eigenvalue weighted by molar-refractivity contribution is 5.73. The number of carboxylic acid groups (broad SMARTS) is 1. The molecule has 1 aliphatic heterocycles. The molecule has 1 saturated heterocycles. The van der Waals surface area contributed by atoms with Crippen LogP contribution in [0.3, 0.4) is 0 Å². The maximum atomic E-state index is 10.8. The summed E-state index contributed by atoms with van der Waals surface area (Å²) in [4.78, 5) is 10.8. The second-order valence-electron chi connectivity index (χ2n) is 3.41. The van der Waals surface area contributed by atoms with Gasteiger partial charge in [0.05, 0.1) is 13.2 Å². The van der Waals surface area contributed by atoms with E-state index in [1.165, 1.54) is 0 Å².